The van der Waals surface area contributed by atoms with E-state index in [-0.39, 0.29) is 6.04 Å². The largest absolute Gasteiger partial charge is 0.303 e. The van der Waals surface area contributed by atoms with Crippen molar-refractivity contribution in [2.24, 2.45) is 0 Å². The van der Waals surface area contributed by atoms with Gasteiger partial charge in [-0.3, -0.25) is 0 Å². The molecule has 0 atom stereocenters. The van der Waals surface area contributed by atoms with Gasteiger partial charge in [0.2, 0.25) is 10.0 Å². The molecule has 112 valence electrons. The third-order valence-electron chi connectivity index (χ3n) is 3.99. The van der Waals surface area contributed by atoms with E-state index in [1.54, 1.807) is 29.6 Å². The zero-order chi connectivity index (χ0) is 14.8. The second-order valence-corrected chi connectivity index (χ2v) is 8.06. The highest BCUT2D eigenvalue weighted by molar-refractivity contribution is 9.10. The molecule has 1 aliphatic rings. The predicted molar refractivity (Wildman–Crippen MR) is 84.2 cm³/mol. The highest BCUT2D eigenvalue weighted by Gasteiger charge is 2.30. The molecule has 0 aromatic heterocycles. The summed E-state index contributed by atoms with van der Waals surface area (Å²) in [5.74, 6) is 0. The van der Waals surface area contributed by atoms with Crippen LogP contribution < -0.4 is 0 Å². The molecule has 1 aromatic rings. The second-order valence-electron chi connectivity index (χ2n) is 5.14. The van der Waals surface area contributed by atoms with Crippen molar-refractivity contribution in [3.8, 4) is 0 Å². The Morgan fingerprint density at radius 3 is 2.55 bits per heavy atom. The minimum atomic E-state index is -3.40. The van der Waals surface area contributed by atoms with Crippen LogP contribution in [-0.4, -0.2) is 50.3 Å². The molecule has 0 N–H and O–H groups in total. The number of hydrogen-bond acceptors (Lipinski definition) is 3. The quantitative estimate of drug-likeness (QED) is 0.828. The fourth-order valence-corrected chi connectivity index (χ4v) is 4.60. The highest BCUT2D eigenvalue weighted by Crippen LogP contribution is 2.24. The Kier molecular flexibility index (Phi) is 5.23. The summed E-state index contributed by atoms with van der Waals surface area (Å²) in [6.45, 7) is 5.12. The van der Waals surface area contributed by atoms with E-state index in [9.17, 15) is 8.42 Å². The number of halogens is 1. The molecule has 20 heavy (non-hydrogen) atoms. The van der Waals surface area contributed by atoms with Gasteiger partial charge in [-0.05, 0) is 50.7 Å². The number of nitrogens with zero attached hydrogens (tertiary/aromatic N) is 2. The van der Waals surface area contributed by atoms with Crippen molar-refractivity contribution in [2.45, 2.75) is 30.7 Å². The summed E-state index contributed by atoms with van der Waals surface area (Å²) in [5.41, 5.74) is 0. The van der Waals surface area contributed by atoms with E-state index in [1.165, 1.54) is 0 Å². The van der Waals surface area contributed by atoms with Gasteiger partial charge in [-0.1, -0.05) is 28.9 Å². The predicted octanol–water partition coefficient (Wildman–Crippen LogP) is 2.55. The van der Waals surface area contributed by atoms with E-state index in [1.807, 2.05) is 6.07 Å². The van der Waals surface area contributed by atoms with Crippen molar-refractivity contribution < 1.29 is 8.42 Å². The topological polar surface area (TPSA) is 40.6 Å². The molecule has 1 aromatic carbocycles. The molecule has 0 unspecified atom stereocenters. The first-order chi connectivity index (χ1) is 9.45. The van der Waals surface area contributed by atoms with E-state index in [0.717, 1.165) is 36.9 Å². The lowest BCUT2D eigenvalue weighted by Gasteiger charge is -2.35. The fourth-order valence-electron chi connectivity index (χ4n) is 2.59. The molecule has 0 radical (unpaired) electrons. The molecular formula is C14H21BrN2O2S. The van der Waals surface area contributed by atoms with Crippen LogP contribution in [0.25, 0.3) is 0 Å². The molecule has 4 nitrogen and oxygen atoms in total. The van der Waals surface area contributed by atoms with Gasteiger partial charge in [0.1, 0.15) is 0 Å². The summed E-state index contributed by atoms with van der Waals surface area (Å²) in [6, 6.07) is 7.00. The molecular weight excluding hydrogens is 340 g/mol. The van der Waals surface area contributed by atoms with E-state index >= 15 is 0 Å². The van der Waals surface area contributed by atoms with Crippen molar-refractivity contribution in [2.75, 3.05) is 26.7 Å². The molecule has 1 fully saturated rings. The Labute approximate surface area is 129 Å². The molecule has 1 heterocycles. The maximum atomic E-state index is 12.6. The molecule has 1 saturated heterocycles. The average Bonchev–Trinajstić information content (AvgIpc) is 2.46. The van der Waals surface area contributed by atoms with Crippen LogP contribution in [0.2, 0.25) is 0 Å². The number of rotatable bonds is 4. The van der Waals surface area contributed by atoms with Gasteiger partial charge in [0.25, 0.3) is 0 Å². The Bertz CT molecular complexity index is 554. The minimum Gasteiger partial charge on any atom is -0.303 e. The van der Waals surface area contributed by atoms with Crippen LogP contribution in [0.5, 0.6) is 0 Å². The van der Waals surface area contributed by atoms with Crippen LogP contribution >= 0.6 is 15.9 Å². The smallest absolute Gasteiger partial charge is 0.243 e. The standard InChI is InChI=1S/C14H21BrN2O2S/c1-3-17-9-7-13(8-10-17)16(2)20(18,19)14-6-4-5-12(15)11-14/h4-6,11,13H,3,7-10H2,1-2H3. The normalized spacial score (nSPS) is 18.6. The van der Waals surface area contributed by atoms with E-state index in [4.69, 9.17) is 0 Å². The summed E-state index contributed by atoms with van der Waals surface area (Å²) in [6.07, 6.45) is 1.80. The Morgan fingerprint density at radius 1 is 1.35 bits per heavy atom. The lowest BCUT2D eigenvalue weighted by atomic mass is 10.1. The van der Waals surface area contributed by atoms with Crippen LogP contribution in [0.3, 0.4) is 0 Å². The number of sulfonamides is 1. The number of benzene rings is 1. The van der Waals surface area contributed by atoms with E-state index < -0.39 is 10.0 Å². The maximum absolute atomic E-state index is 12.6. The van der Waals surface area contributed by atoms with Gasteiger partial charge in [-0.2, -0.15) is 4.31 Å². The molecule has 1 aliphatic heterocycles. The Morgan fingerprint density at radius 2 is 2.00 bits per heavy atom. The van der Waals surface area contributed by atoms with Gasteiger partial charge in [0.05, 0.1) is 4.90 Å². The van der Waals surface area contributed by atoms with Gasteiger partial charge < -0.3 is 4.90 Å². The molecule has 2 rings (SSSR count). The van der Waals surface area contributed by atoms with Gasteiger partial charge in [-0.25, -0.2) is 8.42 Å². The van der Waals surface area contributed by atoms with E-state index in [0.29, 0.717) is 4.90 Å². The first-order valence-electron chi connectivity index (χ1n) is 6.91. The van der Waals surface area contributed by atoms with Crippen LogP contribution in [-0.2, 0) is 10.0 Å². The number of hydrogen-bond donors (Lipinski definition) is 0. The van der Waals surface area contributed by atoms with E-state index in [2.05, 4.69) is 27.8 Å². The zero-order valence-electron chi connectivity index (χ0n) is 11.9. The number of piperidine rings is 1. The van der Waals surface area contributed by atoms with Gasteiger partial charge in [-0.15, -0.1) is 0 Å². The van der Waals surface area contributed by atoms with Gasteiger partial charge >= 0.3 is 0 Å². The van der Waals surface area contributed by atoms with Crippen molar-refractivity contribution in [3.63, 3.8) is 0 Å². The van der Waals surface area contributed by atoms with Gasteiger partial charge in [0.15, 0.2) is 0 Å². The molecule has 0 aliphatic carbocycles. The van der Waals surface area contributed by atoms with Crippen LogP contribution in [0.15, 0.2) is 33.6 Å². The molecule has 0 bridgehead atoms. The summed E-state index contributed by atoms with van der Waals surface area (Å²) < 4.78 is 27.6. The van der Waals surface area contributed by atoms with Gasteiger partial charge in [0, 0.05) is 17.6 Å². The van der Waals surface area contributed by atoms with Crippen molar-refractivity contribution in [1.82, 2.24) is 9.21 Å². The molecule has 0 amide bonds. The fraction of sp³-hybridized carbons (Fsp3) is 0.571. The number of likely N-dealkylation sites (tertiary alicyclic amines) is 1. The van der Waals surface area contributed by atoms with Crippen LogP contribution in [0.4, 0.5) is 0 Å². The second kappa shape index (κ2) is 6.56. The van der Waals surface area contributed by atoms with Crippen molar-refractivity contribution in [1.29, 1.82) is 0 Å². The van der Waals surface area contributed by atoms with Crippen LogP contribution in [0.1, 0.15) is 19.8 Å². The molecule has 0 saturated carbocycles. The SMILES string of the molecule is CCN1CCC(N(C)S(=O)(=O)c2cccc(Br)c2)CC1. The third kappa shape index (κ3) is 3.42. The maximum Gasteiger partial charge on any atom is 0.243 e. The summed E-state index contributed by atoms with van der Waals surface area (Å²) >= 11 is 3.33. The zero-order valence-corrected chi connectivity index (χ0v) is 14.3. The lowest BCUT2D eigenvalue weighted by molar-refractivity contribution is 0.176. The first kappa shape index (κ1) is 15.9. The lowest BCUT2D eigenvalue weighted by Crippen LogP contribution is -2.45. The van der Waals surface area contributed by atoms with Crippen LogP contribution in [0, 0.1) is 0 Å². The monoisotopic (exact) mass is 360 g/mol. The minimum absolute atomic E-state index is 0.0989. The molecule has 6 heteroatoms. The highest BCUT2D eigenvalue weighted by atomic mass is 79.9. The Balaban J connectivity index is 2.14. The summed E-state index contributed by atoms with van der Waals surface area (Å²) in [5, 5.41) is 0. The third-order valence-corrected chi connectivity index (χ3v) is 6.39. The summed E-state index contributed by atoms with van der Waals surface area (Å²) in [4.78, 5) is 2.71. The van der Waals surface area contributed by atoms with Crippen molar-refractivity contribution in [3.05, 3.63) is 28.7 Å². The van der Waals surface area contributed by atoms with Crippen molar-refractivity contribution >= 4 is 26.0 Å². The summed E-state index contributed by atoms with van der Waals surface area (Å²) in [7, 11) is -1.70. The average molecular weight is 361 g/mol. The Hall–Kier alpha value is -0.430. The first-order valence-corrected chi connectivity index (χ1v) is 9.14. The molecule has 0 spiro atoms.